The summed E-state index contributed by atoms with van der Waals surface area (Å²) in [5.74, 6) is 1.53. The van der Waals surface area contributed by atoms with Gasteiger partial charge in [0, 0.05) is 46.8 Å². The smallest absolute Gasteiger partial charge is 0.148 e. The summed E-state index contributed by atoms with van der Waals surface area (Å²) in [7, 11) is 0. The van der Waals surface area contributed by atoms with Crippen LogP contribution in [-0.2, 0) is 33.9 Å². The third kappa shape index (κ3) is 10.3. The first-order valence-electron chi connectivity index (χ1n) is 28.2. The van der Waals surface area contributed by atoms with Gasteiger partial charge in [-0.1, -0.05) is 244 Å². The van der Waals surface area contributed by atoms with E-state index in [0.29, 0.717) is 17.3 Å². The normalized spacial score (nSPS) is 14.3. The maximum atomic E-state index is 12.9. The molecule has 9 aromatic carbocycles. The molecule has 0 radical (unpaired) electrons. The number of nitrogens with zero attached hydrogens (tertiary/aromatic N) is 3. The molecule has 0 saturated heterocycles. The molecule has 11 aromatic rings. The van der Waals surface area contributed by atoms with Crippen molar-refractivity contribution in [2.45, 2.75) is 64.2 Å². The zero-order chi connectivity index (χ0) is 52.6. The molecule has 5 heteroatoms. The number of fused-ring (bicyclic) bond motifs is 1. The molecule has 0 spiro atoms. The van der Waals surface area contributed by atoms with Crippen LogP contribution in [0.3, 0.4) is 0 Å². The monoisotopic (exact) mass is 1180 g/mol. The number of aromatic nitrogens is 3. The number of para-hydroxylation sites is 2. The largest absolute Gasteiger partial charge is 0.507 e. The molecule has 2 saturated carbocycles. The number of phenolic OH excluding ortho intramolecular Hbond substituents is 1. The number of benzene rings is 9. The Morgan fingerprint density at radius 2 is 1.04 bits per heavy atom. The second-order valence-electron chi connectivity index (χ2n) is 20.8. The number of hydrogen-bond donors (Lipinski definition) is 1. The van der Waals surface area contributed by atoms with E-state index in [1.807, 2.05) is 72.9 Å². The Morgan fingerprint density at radius 1 is 0.468 bits per heavy atom. The van der Waals surface area contributed by atoms with Gasteiger partial charge in [-0.15, -0.1) is 23.8 Å². The van der Waals surface area contributed by atoms with Crippen LogP contribution in [0, 0.1) is 17.9 Å². The molecule has 2 aliphatic rings. The molecule has 13 rings (SSSR count). The van der Waals surface area contributed by atoms with Crippen LogP contribution in [0.1, 0.15) is 65.2 Å². The minimum Gasteiger partial charge on any atom is -0.507 e. The molecule has 380 valence electrons. The second-order valence-corrected chi connectivity index (χ2v) is 20.8. The maximum absolute atomic E-state index is 12.9. The van der Waals surface area contributed by atoms with Gasteiger partial charge in [0.05, 0.1) is 22.3 Å². The van der Waals surface area contributed by atoms with E-state index in [2.05, 4.69) is 162 Å². The molecule has 2 heterocycles. The van der Waals surface area contributed by atoms with Crippen LogP contribution in [0.25, 0.3) is 106 Å². The maximum Gasteiger partial charge on any atom is 0.148 e. The van der Waals surface area contributed by atoms with Gasteiger partial charge in [0.1, 0.15) is 11.6 Å². The fourth-order valence-electron chi connectivity index (χ4n) is 12.0. The number of phenols is 1. The summed E-state index contributed by atoms with van der Waals surface area (Å²) in [6, 6.07) is 79.6. The van der Waals surface area contributed by atoms with E-state index in [1.54, 1.807) is 0 Å². The summed E-state index contributed by atoms with van der Waals surface area (Å²) < 4.78 is 20.3. The first kappa shape index (κ1) is 47.5. The summed E-state index contributed by atoms with van der Waals surface area (Å²) in [4.78, 5) is 10.7. The number of rotatable bonds is 13. The number of hydrogen-bond acceptors (Lipinski definition) is 3. The summed E-state index contributed by atoms with van der Waals surface area (Å²) in [5, 5.41) is 12.9. The van der Waals surface area contributed by atoms with Gasteiger partial charge < -0.3 is 5.11 Å². The van der Waals surface area contributed by atoms with Crippen molar-refractivity contribution in [1.29, 1.82) is 0 Å². The van der Waals surface area contributed by atoms with Crippen LogP contribution in [0.15, 0.2) is 225 Å². The number of aromatic hydroxyl groups is 1. The van der Waals surface area contributed by atoms with E-state index in [4.69, 9.17) is 12.7 Å². The van der Waals surface area contributed by atoms with E-state index in [1.165, 1.54) is 31.2 Å². The van der Waals surface area contributed by atoms with E-state index in [9.17, 15) is 5.11 Å². The van der Waals surface area contributed by atoms with E-state index in [0.717, 1.165) is 132 Å². The van der Waals surface area contributed by atoms with Gasteiger partial charge in [0.2, 0.25) is 0 Å². The van der Waals surface area contributed by atoms with Crippen molar-refractivity contribution in [3.05, 3.63) is 242 Å². The van der Waals surface area contributed by atoms with E-state index in [-0.39, 0.29) is 32.7 Å². The topological polar surface area (TPSA) is 50.9 Å². The molecule has 2 aromatic heterocycles. The van der Waals surface area contributed by atoms with Gasteiger partial charge in [0.25, 0.3) is 0 Å². The molecular formula is C72H60N3OPt-. The van der Waals surface area contributed by atoms with Gasteiger partial charge in [0.15, 0.2) is 0 Å². The van der Waals surface area contributed by atoms with Crippen molar-refractivity contribution >= 4 is 11.0 Å². The molecule has 4 nitrogen and oxygen atoms in total. The van der Waals surface area contributed by atoms with E-state index < -0.39 is 6.37 Å². The SMILES string of the molecule is [2H]C([2H])(c1ccc(-c2ccnc(-c3[c-]c(-c4cccc5c4nc(-c4cccc(-c6ccccc6-c6ccccc6)c4O)n5-c4ccc(CC5CCCC5)cc4-c4ccccc4)cc(-c4ccccc4)c3)c2)cc1)C1CCCC1.[Pt]. The Balaban J connectivity index is 0.00000623. The van der Waals surface area contributed by atoms with Gasteiger partial charge in [-0.25, -0.2) is 4.98 Å². The third-order valence-corrected chi connectivity index (χ3v) is 15.9. The minimum atomic E-state index is -1.36. The summed E-state index contributed by atoms with van der Waals surface area (Å²) >= 11 is 0. The molecule has 0 aliphatic heterocycles. The second kappa shape index (κ2) is 22.4. The van der Waals surface area contributed by atoms with E-state index >= 15 is 0 Å². The Kier molecular flexibility index (Phi) is 13.8. The van der Waals surface area contributed by atoms with Crippen LogP contribution >= 0.6 is 0 Å². The van der Waals surface area contributed by atoms with Gasteiger partial charge >= 0.3 is 0 Å². The van der Waals surface area contributed by atoms with Crippen LogP contribution < -0.4 is 0 Å². The average molecular weight is 1180 g/mol. The fraction of sp³-hybridized carbons (Fsp3) is 0.167. The molecule has 77 heavy (non-hydrogen) atoms. The quantitative estimate of drug-likeness (QED) is 0.117. The van der Waals surface area contributed by atoms with Crippen molar-refractivity contribution in [3.8, 4) is 101 Å². The van der Waals surface area contributed by atoms with Crippen LogP contribution in [-0.4, -0.2) is 19.6 Å². The predicted molar refractivity (Wildman–Crippen MR) is 314 cm³/mol. The van der Waals surface area contributed by atoms with Gasteiger partial charge in [-0.2, -0.15) is 0 Å². The fourth-order valence-corrected chi connectivity index (χ4v) is 12.0. The zero-order valence-corrected chi connectivity index (χ0v) is 45.3. The standard InChI is InChI=1S/C72H60N3O.Pt/c76-71-64(63-29-15-14-28-61(63)55-24-6-2-7-25-55)31-16-32-65(71)72-74-70-62(30-17-33-69(70)75(72)68-39-36-52(43-50-20-12-13-21-50)44-66(68)56-26-8-3-9-27-56)59-45-58(53-22-4-1-5-23-53)46-60(47-59)67-48-57(40-41-73-67)54-37-34-51(35-38-54)42-49-18-10-11-19-49;/h1-9,14-17,22-41,44-46,48-50,76H,10-13,18-21,42-43H2;/q-1;/i42D2;. The van der Waals surface area contributed by atoms with Crippen molar-refractivity contribution in [1.82, 2.24) is 14.5 Å². The third-order valence-electron chi connectivity index (χ3n) is 15.9. The predicted octanol–water partition coefficient (Wildman–Crippen LogP) is 18.7. The van der Waals surface area contributed by atoms with Gasteiger partial charge in [-0.3, -0.25) is 9.55 Å². The number of pyridine rings is 1. The summed E-state index contributed by atoms with van der Waals surface area (Å²) in [6.07, 6.45) is 10.7. The summed E-state index contributed by atoms with van der Waals surface area (Å²) in [6.45, 7) is 0. The van der Waals surface area contributed by atoms with Crippen molar-refractivity contribution in [3.63, 3.8) is 0 Å². The average Bonchev–Trinajstić information content (AvgIpc) is 4.53. The molecule has 0 bridgehead atoms. The molecule has 0 atom stereocenters. The zero-order valence-electron chi connectivity index (χ0n) is 45.0. The Morgan fingerprint density at radius 3 is 1.77 bits per heavy atom. The molecule has 1 N–H and O–H groups in total. The Labute approximate surface area is 470 Å². The number of imidazole rings is 1. The Hall–Kier alpha value is -7.91. The molecule has 2 fully saturated rings. The Bertz CT molecular complexity index is 3940. The first-order chi connectivity index (χ1) is 38.3. The van der Waals surface area contributed by atoms with Crippen molar-refractivity contribution in [2.24, 2.45) is 11.8 Å². The van der Waals surface area contributed by atoms with Crippen LogP contribution in [0.2, 0.25) is 0 Å². The van der Waals surface area contributed by atoms with Crippen LogP contribution in [0.4, 0.5) is 0 Å². The molecular weight excluding hydrogens is 1120 g/mol. The van der Waals surface area contributed by atoms with Crippen molar-refractivity contribution in [2.75, 3.05) is 0 Å². The van der Waals surface area contributed by atoms with Crippen molar-refractivity contribution < 1.29 is 28.9 Å². The first-order valence-corrected chi connectivity index (χ1v) is 27.2. The molecule has 0 unspecified atom stereocenters. The molecule has 2 aliphatic carbocycles. The minimum absolute atomic E-state index is 0. The van der Waals surface area contributed by atoms with Crippen LogP contribution in [0.5, 0.6) is 5.75 Å². The summed E-state index contributed by atoms with van der Waals surface area (Å²) in [5.41, 5.74) is 18.8. The molecule has 0 amide bonds. The van der Waals surface area contributed by atoms with Gasteiger partial charge in [-0.05, 0) is 105 Å².